The van der Waals surface area contributed by atoms with E-state index in [-0.39, 0.29) is 34.7 Å². The summed E-state index contributed by atoms with van der Waals surface area (Å²) in [6, 6.07) is 0. The number of fused-ring (bicyclic) bond motifs is 3. The Morgan fingerprint density at radius 3 is 2.45 bits per heavy atom. The van der Waals surface area contributed by atoms with Crippen molar-refractivity contribution < 1.29 is 19.7 Å². The minimum absolute atomic E-state index is 0.120. The van der Waals surface area contributed by atoms with Crippen LogP contribution in [0.2, 0.25) is 0 Å². The van der Waals surface area contributed by atoms with Crippen LogP contribution in [0, 0.1) is 34.5 Å². The Kier molecular flexibility index (Phi) is 6.15. The Hall–Kier alpha value is -1.07. The summed E-state index contributed by atoms with van der Waals surface area (Å²) in [4.78, 5) is 14.6. The molecular weight excluding hydrogens is 366 g/mol. The molecule has 0 spiro atoms. The van der Waals surface area contributed by atoms with Crippen molar-refractivity contribution in [3.05, 3.63) is 11.3 Å². The van der Waals surface area contributed by atoms with Gasteiger partial charge < -0.3 is 19.8 Å². The molecular formula is C24H41NO4. The molecule has 0 unspecified atom stereocenters. The van der Waals surface area contributed by atoms with Crippen LogP contribution in [-0.2, 0) is 9.53 Å². The summed E-state index contributed by atoms with van der Waals surface area (Å²) in [5.41, 5.74) is 1.73. The summed E-state index contributed by atoms with van der Waals surface area (Å²) < 4.78 is 5.35. The van der Waals surface area contributed by atoms with E-state index in [2.05, 4.69) is 27.7 Å². The first-order valence-electron chi connectivity index (χ1n) is 11.4. The second kappa shape index (κ2) is 7.88. The van der Waals surface area contributed by atoms with Crippen molar-refractivity contribution in [2.75, 3.05) is 20.7 Å². The van der Waals surface area contributed by atoms with E-state index in [9.17, 15) is 15.0 Å². The molecule has 0 aromatic heterocycles. The van der Waals surface area contributed by atoms with Gasteiger partial charge in [0.25, 0.3) is 0 Å². The lowest BCUT2D eigenvalue weighted by atomic mass is 9.42. The van der Waals surface area contributed by atoms with Gasteiger partial charge >= 0.3 is 5.97 Å². The highest BCUT2D eigenvalue weighted by Gasteiger charge is 2.61. The zero-order chi connectivity index (χ0) is 21.7. The Bertz CT molecular complexity index is 670. The molecule has 3 saturated carbocycles. The van der Waals surface area contributed by atoms with Crippen molar-refractivity contribution in [3.8, 4) is 0 Å². The minimum atomic E-state index is -0.404. The van der Waals surface area contributed by atoms with Gasteiger partial charge in [0.05, 0.1) is 18.8 Å². The molecule has 3 rings (SSSR count). The number of ether oxygens (including phenoxy) is 1. The van der Waals surface area contributed by atoms with Crippen molar-refractivity contribution in [3.63, 3.8) is 0 Å². The predicted molar refractivity (Wildman–Crippen MR) is 114 cm³/mol. The molecule has 3 aliphatic rings. The first-order valence-corrected chi connectivity index (χ1v) is 11.4. The standard InChI is InChI=1S/C24H41NO4/c1-8-29-22(28)21(25(6)7)15-9-10-16-20(14(15)2)17(26)13-18-23(3,4)19(27)11-12-24(16,18)5/h14,16-20,26-27H,8-13H2,1-7H3/b21-15+/t14-,16-,17-,18-,19-,20-,24+/m0/s1. The van der Waals surface area contributed by atoms with Crippen molar-refractivity contribution in [1.29, 1.82) is 0 Å². The van der Waals surface area contributed by atoms with Crippen molar-refractivity contribution >= 4 is 5.97 Å². The van der Waals surface area contributed by atoms with Crippen LogP contribution in [0.1, 0.15) is 66.7 Å². The molecule has 0 heterocycles. The van der Waals surface area contributed by atoms with E-state index in [1.54, 1.807) is 0 Å². The molecule has 0 radical (unpaired) electrons. The van der Waals surface area contributed by atoms with E-state index >= 15 is 0 Å². The Morgan fingerprint density at radius 2 is 1.86 bits per heavy atom. The Morgan fingerprint density at radius 1 is 1.21 bits per heavy atom. The average Bonchev–Trinajstić information content (AvgIpc) is 2.63. The fourth-order valence-corrected chi connectivity index (χ4v) is 7.31. The number of aliphatic hydroxyl groups excluding tert-OH is 2. The van der Waals surface area contributed by atoms with Crippen molar-refractivity contribution in [1.82, 2.24) is 4.90 Å². The predicted octanol–water partition coefficient (Wildman–Crippen LogP) is 3.60. The Labute approximate surface area is 176 Å². The molecule has 0 aliphatic heterocycles. The number of aliphatic hydroxyl groups is 2. The van der Waals surface area contributed by atoms with Crippen LogP contribution < -0.4 is 0 Å². The normalized spacial score (nSPS) is 43.1. The molecule has 0 aromatic carbocycles. The van der Waals surface area contributed by atoms with E-state index in [1.807, 2.05) is 25.9 Å². The number of carbonyl (C=O) groups is 1. The zero-order valence-electron chi connectivity index (χ0n) is 19.4. The van der Waals surface area contributed by atoms with E-state index in [0.29, 0.717) is 24.1 Å². The second-order valence-electron chi connectivity index (χ2n) is 10.7. The summed E-state index contributed by atoms with van der Waals surface area (Å²) in [6.45, 7) is 11.1. The highest BCUT2D eigenvalue weighted by Crippen LogP contribution is 2.65. The van der Waals surface area contributed by atoms with E-state index < -0.39 is 6.10 Å². The van der Waals surface area contributed by atoms with Gasteiger partial charge in [-0.05, 0) is 79.1 Å². The maximum atomic E-state index is 12.7. The smallest absolute Gasteiger partial charge is 0.354 e. The third-order valence-electron chi connectivity index (χ3n) is 8.81. The number of allylic oxidation sites excluding steroid dienone is 1. The van der Waals surface area contributed by atoms with Crippen LogP contribution in [0.4, 0.5) is 0 Å². The second-order valence-corrected chi connectivity index (χ2v) is 10.7. The summed E-state index contributed by atoms with van der Waals surface area (Å²) >= 11 is 0. The van der Waals surface area contributed by atoms with Gasteiger partial charge in [-0.2, -0.15) is 0 Å². The zero-order valence-corrected chi connectivity index (χ0v) is 19.4. The largest absolute Gasteiger partial charge is 0.461 e. The number of hydrogen-bond acceptors (Lipinski definition) is 5. The van der Waals surface area contributed by atoms with Gasteiger partial charge in [0, 0.05) is 14.1 Å². The molecule has 0 saturated heterocycles. The Balaban J connectivity index is 1.99. The SMILES string of the molecule is CCOC(=O)/C(=C1/CC[C@H]2[C@@H]([C@@H](O)C[C@H]3C(C)(C)[C@@H](O)CC[C@]23C)[C@H]1C)N(C)C. The van der Waals surface area contributed by atoms with E-state index in [0.717, 1.165) is 37.7 Å². The lowest BCUT2D eigenvalue weighted by Crippen LogP contribution is -2.61. The molecule has 3 aliphatic carbocycles. The van der Waals surface area contributed by atoms with Gasteiger partial charge in [-0.15, -0.1) is 0 Å². The van der Waals surface area contributed by atoms with Crippen LogP contribution in [0.3, 0.4) is 0 Å². The molecule has 7 atom stereocenters. The number of esters is 1. The molecule has 29 heavy (non-hydrogen) atoms. The first-order chi connectivity index (χ1) is 13.5. The molecule has 0 aromatic rings. The van der Waals surface area contributed by atoms with Gasteiger partial charge in [0.2, 0.25) is 0 Å². The van der Waals surface area contributed by atoms with Crippen LogP contribution in [0.25, 0.3) is 0 Å². The van der Waals surface area contributed by atoms with E-state index in [1.165, 1.54) is 0 Å². The third kappa shape index (κ3) is 3.52. The molecule has 5 nitrogen and oxygen atoms in total. The quantitative estimate of drug-likeness (QED) is 0.553. The van der Waals surface area contributed by atoms with Crippen LogP contribution in [0.5, 0.6) is 0 Å². The fraction of sp³-hybridized carbons (Fsp3) is 0.875. The fourth-order valence-electron chi connectivity index (χ4n) is 7.31. The molecule has 3 fully saturated rings. The first kappa shape index (κ1) is 22.6. The number of hydrogen-bond donors (Lipinski definition) is 2. The lowest BCUT2D eigenvalue weighted by Gasteiger charge is -2.64. The van der Waals surface area contributed by atoms with Crippen molar-refractivity contribution in [2.24, 2.45) is 34.5 Å². The van der Waals surface area contributed by atoms with Gasteiger partial charge in [0.1, 0.15) is 5.70 Å². The number of carbonyl (C=O) groups excluding carboxylic acids is 1. The highest BCUT2D eigenvalue weighted by molar-refractivity contribution is 5.88. The summed E-state index contributed by atoms with van der Waals surface area (Å²) in [6.07, 6.45) is 3.73. The number of nitrogens with zero attached hydrogens (tertiary/aromatic N) is 1. The van der Waals surface area contributed by atoms with Crippen LogP contribution in [0.15, 0.2) is 11.3 Å². The average molecular weight is 408 g/mol. The minimum Gasteiger partial charge on any atom is -0.461 e. The summed E-state index contributed by atoms with van der Waals surface area (Å²) in [5.74, 6) is 0.751. The van der Waals surface area contributed by atoms with E-state index in [4.69, 9.17) is 4.74 Å². The van der Waals surface area contributed by atoms with Crippen molar-refractivity contribution in [2.45, 2.75) is 78.9 Å². The molecule has 0 amide bonds. The molecule has 2 N–H and O–H groups in total. The summed E-state index contributed by atoms with van der Waals surface area (Å²) in [7, 11) is 3.80. The molecule has 166 valence electrons. The van der Waals surface area contributed by atoms with Crippen LogP contribution >= 0.6 is 0 Å². The molecule has 0 bridgehead atoms. The lowest BCUT2D eigenvalue weighted by molar-refractivity contribution is -0.191. The topological polar surface area (TPSA) is 70.0 Å². The van der Waals surface area contributed by atoms with Gasteiger partial charge in [-0.1, -0.05) is 27.7 Å². The number of likely N-dealkylation sites (N-methyl/N-ethyl adjacent to an activating group) is 1. The third-order valence-corrected chi connectivity index (χ3v) is 8.81. The maximum Gasteiger partial charge on any atom is 0.354 e. The van der Waals surface area contributed by atoms with Gasteiger partial charge in [-0.3, -0.25) is 0 Å². The van der Waals surface area contributed by atoms with Gasteiger partial charge in [0.15, 0.2) is 0 Å². The van der Waals surface area contributed by atoms with Gasteiger partial charge in [-0.25, -0.2) is 4.79 Å². The maximum absolute atomic E-state index is 12.7. The van der Waals surface area contributed by atoms with Crippen LogP contribution in [-0.4, -0.2) is 54.0 Å². The summed E-state index contributed by atoms with van der Waals surface area (Å²) in [5, 5.41) is 22.0. The molecule has 5 heteroatoms. The highest BCUT2D eigenvalue weighted by atomic mass is 16.5. The monoisotopic (exact) mass is 407 g/mol. The number of rotatable bonds is 3.